The fourth-order valence-electron chi connectivity index (χ4n) is 3.87. The van der Waals surface area contributed by atoms with E-state index in [0.717, 1.165) is 42.6 Å². The molecule has 2 rings (SSSR count). The lowest BCUT2D eigenvalue weighted by atomic mass is 10.1. The highest BCUT2D eigenvalue weighted by atomic mass is 35.5. The van der Waals surface area contributed by atoms with Crippen LogP contribution in [-0.2, 0) is 13.0 Å². The number of unbranched alkanes of at least 4 members (excludes halogenated alkanes) is 5. The maximum Gasteiger partial charge on any atom is 0.322 e. The number of amides is 2. The van der Waals surface area contributed by atoms with Crippen LogP contribution in [0.3, 0.4) is 0 Å². The monoisotopic (exact) mass is 442 g/mol. The molecule has 0 aliphatic carbocycles. The minimum atomic E-state index is -0.0425. The van der Waals surface area contributed by atoms with Crippen molar-refractivity contribution in [3.63, 3.8) is 0 Å². The highest BCUT2D eigenvalue weighted by Gasteiger charge is 2.16. The molecular weight excluding hydrogens is 404 g/mol. The first kappa shape index (κ1) is 25.3. The number of hydrogen-bond donors (Lipinski definition) is 1. The van der Waals surface area contributed by atoms with Gasteiger partial charge in [-0.25, -0.2) is 4.79 Å². The lowest BCUT2D eigenvalue weighted by Crippen LogP contribution is -2.35. The average molecular weight is 443 g/mol. The van der Waals surface area contributed by atoms with Crippen molar-refractivity contribution in [1.82, 2.24) is 4.90 Å². The van der Waals surface area contributed by atoms with E-state index in [4.69, 9.17) is 11.6 Å². The molecule has 1 N–H and O–H groups in total. The van der Waals surface area contributed by atoms with Crippen LogP contribution in [-0.4, -0.2) is 17.5 Å². The van der Waals surface area contributed by atoms with Crippen LogP contribution in [0.1, 0.15) is 81.0 Å². The summed E-state index contributed by atoms with van der Waals surface area (Å²) in [6.07, 6.45) is 9.44. The lowest BCUT2D eigenvalue weighted by Gasteiger charge is -2.25. The summed E-state index contributed by atoms with van der Waals surface area (Å²) in [5.74, 6) is 0. The second-order valence-corrected chi connectivity index (χ2v) is 9.04. The van der Waals surface area contributed by atoms with E-state index < -0.39 is 0 Å². The van der Waals surface area contributed by atoms with E-state index in [2.05, 4.69) is 43.4 Å². The van der Waals surface area contributed by atoms with Crippen molar-refractivity contribution in [1.29, 1.82) is 0 Å². The molecule has 0 aromatic heterocycles. The summed E-state index contributed by atoms with van der Waals surface area (Å²) in [7, 11) is 0. The van der Waals surface area contributed by atoms with Crippen molar-refractivity contribution in [3.05, 3.63) is 63.7 Å². The molecule has 0 fully saturated rings. The standard InChI is InChI=1S/C27H39ClN2O/c1-5-7-9-10-11-17-30(20-24-15-13-23(14-16-24)12-8-6-2)27(31)29-26-21(3)18-25(28)19-22(26)4/h13-16,18-19H,5-12,17,20H2,1-4H3,(H,29,31). The molecule has 0 heterocycles. The molecule has 170 valence electrons. The summed E-state index contributed by atoms with van der Waals surface area (Å²) in [6, 6.07) is 12.5. The van der Waals surface area contributed by atoms with Crippen LogP contribution in [0.5, 0.6) is 0 Å². The molecule has 0 aliphatic rings. The Hall–Kier alpha value is -2.00. The van der Waals surface area contributed by atoms with Crippen molar-refractivity contribution in [2.45, 2.75) is 85.6 Å². The summed E-state index contributed by atoms with van der Waals surface area (Å²) >= 11 is 6.16. The Bertz CT molecular complexity index is 793. The molecule has 0 saturated carbocycles. The van der Waals surface area contributed by atoms with Crippen molar-refractivity contribution in [2.24, 2.45) is 0 Å². The van der Waals surface area contributed by atoms with E-state index >= 15 is 0 Å². The van der Waals surface area contributed by atoms with E-state index in [9.17, 15) is 4.79 Å². The van der Waals surface area contributed by atoms with Gasteiger partial charge in [-0.2, -0.15) is 0 Å². The Morgan fingerprint density at radius 3 is 2.06 bits per heavy atom. The predicted molar refractivity (Wildman–Crippen MR) is 134 cm³/mol. The number of nitrogens with zero attached hydrogens (tertiary/aromatic N) is 1. The van der Waals surface area contributed by atoms with Crippen LogP contribution < -0.4 is 5.32 Å². The van der Waals surface area contributed by atoms with Gasteiger partial charge in [0, 0.05) is 23.8 Å². The molecule has 0 atom stereocenters. The highest BCUT2D eigenvalue weighted by Crippen LogP contribution is 2.25. The molecule has 0 radical (unpaired) electrons. The fourth-order valence-corrected chi connectivity index (χ4v) is 4.19. The number of benzene rings is 2. The van der Waals surface area contributed by atoms with Crippen molar-refractivity contribution >= 4 is 23.3 Å². The molecular formula is C27H39ClN2O. The zero-order chi connectivity index (χ0) is 22.6. The molecule has 0 saturated heterocycles. The van der Waals surface area contributed by atoms with E-state index in [-0.39, 0.29) is 6.03 Å². The Morgan fingerprint density at radius 2 is 1.45 bits per heavy atom. The molecule has 2 aromatic carbocycles. The van der Waals surface area contributed by atoms with Crippen molar-refractivity contribution in [2.75, 3.05) is 11.9 Å². The maximum atomic E-state index is 13.2. The zero-order valence-corrected chi connectivity index (χ0v) is 20.5. The normalized spacial score (nSPS) is 10.9. The van der Waals surface area contributed by atoms with Gasteiger partial charge >= 0.3 is 6.03 Å². The number of hydrogen-bond acceptors (Lipinski definition) is 1. The lowest BCUT2D eigenvalue weighted by molar-refractivity contribution is 0.207. The van der Waals surface area contributed by atoms with Crippen LogP contribution in [0.15, 0.2) is 36.4 Å². The number of rotatable bonds is 12. The Balaban J connectivity index is 2.09. The van der Waals surface area contributed by atoms with E-state index in [0.29, 0.717) is 11.6 Å². The summed E-state index contributed by atoms with van der Waals surface area (Å²) in [5.41, 5.74) is 5.38. The Labute approximate surface area is 194 Å². The van der Waals surface area contributed by atoms with Gasteiger partial charge in [0.15, 0.2) is 0 Å². The van der Waals surface area contributed by atoms with Crippen molar-refractivity contribution in [3.8, 4) is 0 Å². The molecule has 0 bridgehead atoms. The van der Waals surface area contributed by atoms with Gasteiger partial charge < -0.3 is 10.2 Å². The Kier molecular flexibility index (Phi) is 10.9. The van der Waals surface area contributed by atoms with E-state index in [1.807, 2.05) is 30.9 Å². The summed E-state index contributed by atoms with van der Waals surface area (Å²) in [6.45, 7) is 9.80. The first-order valence-electron chi connectivity index (χ1n) is 11.8. The maximum absolute atomic E-state index is 13.2. The summed E-state index contributed by atoms with van der Waals surface area (Å²) in [5, 5.41) is 3.84. The van der Waals surface area contributed by atoms with Crippen LogP contribution in [0.4, 0.5) is 10.5 Å². The third-order valence-electron chi connectivity index (χ3n) is 5.76. The molecule has 31 heavy (non-hydrogen) atoms. The molecule has 2 amide bonds. The number of anilines is 1. The first-order chi connectivity index (χ1) is 14.9. The molecule has 3 nitrogen and oxygen atoms in total. The first-order valence-corrected chi connectivity index (χ1v) is 12.2. The van der Waals surface area contributed by atoms with Crippen molar-refractivity contribution < 1.29 is 4.79 Å². The quantitative estimate of drug-likeness (QED) is 0.329. The molecule has 0 unspecified atom stereocenters. The van der Waals surface area contributed by atoms with Gasteiger partial charge in [-0.05, 0) is 67.5 Å². The third kappa shape index (κ3) is 8.57. The average Bonchev–Trinajstić information content (AvgIpc) is 2.74. The number of aryl methyl sites for hydroxylation is 3. The van der Waals surface area contributed by atoms with Crippen LogP contribution >= 0.6 is 11.6 Å². The van der Waals surface area contributed by atoms with Crippen LogP contribution in [0, 0.1) is 13.8 Å². The van der Waals surface area contributed by atoms with Gasteiger partial charge in [0.25, 0.3) is 0 Å². The largest absolute Gasteiger partial charge is 0.322 e. The van der Waals surface area contributed by atoms with Gasteiger partial charge in [-0.1, -0.05) is 81.8 Å². The zero-order valence-electron chi connectivity index (χ0n) is 19.8. The topological polar surface area (TPSA) is 32.3 Å². The van der Waals surface area contributed by atoms with Crippen LogP contribution in [0.2, 0.25) is 5.02 Å². The van der Waals surface area contributed by atoms with Gasteiger partial charge in [0.1, 0.15) is 0 Å². The van der Waals surface area contributed by atoms with E-state index in [1.165, 1.54) is 43.2 Å². The number of carbonyl (C=O) groups is 1. The Morgan fingerprint density at radius 1 is 0.871 bits per heavy atom. The van der Waals surface area contributed by atoms with Gasteiger partial charge in [-0.3, -0.25) is 0 Å². The highest BCUT2D eigenvalue weighted by molar-refractivity contribution is 6.30. The molecule has 4 heteroatoms. The van der Waals surface area contributed by atoms with Gasteiger partial charge in [0.05, 0.1) is 0 Å². The summed E-state index contributed by atoms with van der Waals surface area (Å²) in [4.78, 5) is 15.2. The number of halogens is 1. The third-order valence-corrected chi connectivity index (χ3v) is 5.98. The minimum absolute atomic E-state index is 0.0425. The molecule has 2 aromatic rings. The number of nitrogens with one attached hydrogen (secondary N) is 1. The van der Waals surface area contributed by atoms with Crippen LogP contribution in [0.25, 0.3) is 0 Å². The predicted octanol–water partition coefficient (Wildman–Crippen LogP) is 8.30. The van der Waals surface area contributed by atoms with Gasteiger partial charge in [-0.15, -0.1) is 0 Å². The molecule has 0 aliphatic heterocycles. The number of urea groups is 1. The minimum Gasteiger partial charge on any atom is -0.320 e. The van der Waals surface area contributed by atoms with E-state index in [1.54, 1.807) is 0 Å². The summed E-state index contributed by atoms with van der Waals surface area (Å²) < 4.78 is 0. The SMILES string of the molecule is CCCCCCCN(Cc1ccc(CCCC)cc1)C(=O)Nc1c(C)cc(Cl)cc1C. The fraction of sp³-hybridized carbons (Fsp3) is 0.519. The second kappa shape index (κ2) is 13.4. The van der Waals surface area contributed by atoms with Gasteiger partial charge in [0.2, 0.25) is 0 Å². The number of carbonyl (C=O) groups excluding carboxylic acids is 1. The smallest absolute Gasteiger partial charge is 0.320 e. The second-order valence-electron chi connectivity index (χ2n) is 8.60. The molecule has 0 spiro atoms.